The van der Waals surface area contributed by atoms with Crippen molar-refractivity contribution >= 4 is 11.9 Å². The van der Waals surface area contributed by atoms with E-state index in [1.807, 2.05) is 26.8 Å². The summed E-state index contributed by atoms with van der Waals surface area (Å²) in [6, 6.07) is 5.41. The fourth-order valence-electron chi connectivity index (χ4n) is 1.78. The quantitative estimate of drug-likeness (QED) is 0.620. The zero-order chi connectivity index (χ0) is 14.0. The van der Waals surface area contributed by atoms with Gasteiger partial charge in [0.15, 0.2) is 0 Å². The predicted molar refractivity (Wildman–Crippen MR) is 69.6 cm³/mol. The Bertz CT molecular complexity index is 517. The molecule has 102 valence electrons. The second-order valence-corrected chi connectivity index (χ2v) is 5.36. The zero-order valence-electron chi connectivity index (χ0n) is 11.5. The first kappa shape index (κ1) is 13.6. The fourth-order valence-corrected chi connectivity index (χ4v) is 1.78. The molecule has 2 rings (SSSR count). The van der Waals surface area contributed by atoms with Gasteiger partial charge in [-0.15, -0.1) is 0 Å². The average molecular weight is 262 g/mol. The molecule has 0 bridgehead atoms. The smallest absolute Gasteiger partial charge is 0.316 e. The minimum absolute atomic E-state index is 0.158. The second-order valence-electron chi connectivity index (χ2n) is 5.36. The molecule has 0 saturated carbocycles. The van der Waals surface area contributed by atoms with Crippen LogP contribution in [0.2, 0.25) is 0 Å². The number of cyclic esters (lactones) is 1. The van der Waals surface area contributed by atoms with E-state index in [1.165, 1.54) is 0 Å². The van der Waals surface area contributed by atoms with Gasteiger partial charge in [-0.05, 0) is 31.9 Å². The van der Waals surface area contributed by atoms with Crippen LogP contribution in [0.4, 0.5) is 0 Å². The van der Waals surface area contributed by atoms with E-state index in [4.69, 9.17) is 9.47 Å². The highest BCUT2D eigenvalue weighted by atomic mass is 16.5. The number of esters is 2. The number of fused-ring (bicyclic) bond motifs is 1. The number of carbonyl (C=O) groups is 2. The Labute approximate surface area is 112 Å². The zero-order valence-corrected chi connectivity index (χ0v) is 11.5. The third-order valence-corrected chi connectivity index (χ3v) is 3.58. The number of ether oxygens (including phenoxy) is 2. The summed E-state index contributed by atoms with van der Waals surface area (Å²) in [4.78, 5) is 23.4. The number of benzene rings is 1. The van der Waals surface area contributed by atoms with E-state index in [0.717, 1.165) is 11.1 Å². The molecule has 0 aliphatic carbocycles. The van der Waals surface area contributed by atoms with Gasteiger partial charge in [-0.25, -0.2) is 0 Å². The van der Waals surface area contributed by atoms with Crippen LogP contribution in [0.25, 0.3) is 0 Å². The van der Waals surface area contributed by atoms with Crippen molar-refractivity contribution in [2.45, 2.75) is 40.2 Å². The molecule has 0 N–H and O–H groups in total. The molecule has 0 atom stereocenters. The number of carbonyl (C=O) groups excluding carboxylic acids is 2. The van der Waals surface area contributed by atoms with Crippen molar-refractivity contribution in [3.63, 3.8) is 0 Å². The van der Waals surface area contributed by atoms with Gasteiger partial charge in [0.2, 0.25) is 0 Å². The van der Waals surface area contributed by atoms with E-state index in [-0.39, 0.29) is 25.0 Å². The molecule has 19 heavy (non-hydrogen) atoms. The molecule has 1 aliphatic rings. The highest BCUT2D eigenvalue weighted by molar-refractivity contribution is 5.80. The maximum atomic E-state index is 12.1. The Morgan fingerprint density at radius 3 is 2.84 bits per heavy atom. The summed E-state index contributed by atoms with van der Waals surface area (Å²) < 4.78 is 10.4. The van der Waals surface area contributed by atoms with Crippen LogP contribution in [0.15, 0.2) is 18.2 Å². The maximum absolute atomic E-state index is 12.1. The second kappa shape index (κ2) is 5.03. The predicted octanol–water partition coefficient (Wildman–Crippen LogP) is 2.63. The van der Waals surface area contributed by atoms with Gasteiger partial charge in [0, 0.05) is 5.56 Å². The largest absolute Gasteiger partial charge is 0.461 e. The minimum atomic E-state index is -0.530. The lowest BCUT2D eigenvalue weighted by Gasteiger charge is -2.23. The molecular formula is C15H18O4. The summed E-state index contributed by atoms with van der Waals surface area (Å²) in [7, 11) is 0. The molecule has 4 heteroatoms. The van der Waals surface area contributed by atoms with Crippen LogP contribution in [-0.4, -0.2) is 11.9 Å². The topological polar surface area (TPSA) is 52.6 Å². The van der Waals surface area contributed by atoms with Crippen LogP contribution in [0.5, 0.6) is 5.75 Å². The molecule has 0 spiro atoms. The molecule has 1 heterocycles. The lowest BCUT2D eigenvalue weighted by molar-refractivity contribution is -0.147. The molecular weight excluding hydrogens is 244 g/mol. The SMILES string of the molecule is CCC(C)(C)C(=O)Oc1cccc2c1CC(=O)OC2. The summed E-state index contributed by atoms with van der Waals surface area (Å²) in [5.74, 6) is -0.0891. The highest BCUT2D eigenvalue weighted by Crippen LogP contribution is 2.30. The number of hydrogen-bond donors (Lipinski definition) is 0. The van der Waals surface area contributed by atoms with E-state index in [9.17, 15) is 9.59 Å². The molecule has 0 amide bonds. The van der Waals surface area contributed by atoms with Gasteiger partial charge in [-0.1, -0.05) is 19.1 Å². The van der Waals surface area contributed by atoms with Crippen LogP contribution < -0.4 is 4.74 Å². The molecule has 0 fully saturated rings. The average Bonchev–Trinajstić information content (AvgIpc) is 2.39. The molecule has 4 nitrogen and oxygen atoms in total. The fraction of sp³-hybridized carbons (Fsp3) is 0.467. The normalized spacial score (nSPS) is 14.6. The van der Waals surface area contributed by atoms with Crippen LogP contribution in [0.3, 0.4) is 0 Å². The highest BCUT2D eigenvalue weighted by Gasteiger charge is 2.29. The van der Waals surface area contributed by atoms with E-state index in [1.54, 1.807) is 12.1 Å². The van der Waals surface area contributed by atoms with Crippen molar-refractivity contribution in [3.05, 3.63) is 29.3 Å². The maximum Gasteiger partial charge on any atom is 0.316 e. The third-order valence-electron chi connectivity index (χ3n) is 3.58. The van der Waals surface area contributed by atoms with Gasteiger partial charge in [-0.2, -0.15) is 0 Å². The monoisotopic (exact) mass is 262 g/mol. The van der Waals surface area contributed by atoms with Crippen molar-refractivity contribution in [2.75, 3.05) is 0 Å². The summed E-state index contributed by atoms with van der Waals surface area (Å²) in [6.45, 7) is 5.88. The molecule has 1 aromatic carbocycles. The summed E-state index contributed by atoms with van der Waals surface area (Å²) in [6.07, 6.45) is 0.855. The van der Waals surface area contributed by atoms with Gasteiger partial charge in [-0.3, -0.25) is 9.59 Å². The van der Waals surface area contributed by atoms with Gasteiger partial charge in [0.25, 0.3) is 0 Å². The first-order chi connectivity index (χ1) is 8.94. The van der Waals surface area contributed by atoms with E-state index in [2.05, 4.69) is 0 Å². The van der Waals surface area contributed by atoms with Crippen molar-refractivity contribution < 1.29 is 19.1 Å². The van der Waals surface area contributed by atoms with Crippen molar-refractivity contribution in [3.8, 4) is 5.75 Å². The lowest BCUT2D eigenvalue weighted by atomic mass is 9.90. The standard InChI is InChI=1S/C15H18O4/c1-4-15(2,3)14(17)19-12-7-5-6-10-9-18-13(16)8-11(10)12/h5-7H,4,8-9H2,1-3H3. The first-order valence-corrected chi connectivity index (χ1v) is 6.42. The van der Waals surface area contributed by atoms with E-state index >= 15 is 0 Å². The Hall–Kier alpha value is -1.84. The Kier molecular flexibility index (Phi) is 3.60. The van der Waals surface area contributed by atoms with E-state index in [0.29, 0.717) is 12.2 Å². The van der Waals surface area contributed by atoms with E-state index < -0.39 is 5.41 Å². The van der Waals surface area contributed by atoms with Gasteiger partial charge in [0.1, 0.15) is 12.4 Å². The third kappa shape index (κ3) is 2.78. The van der Waals surface area contributed by atoms with Crippen LogP contribution in [-0.2, 0) is 27.4 Å². The van der Waals surface area contributed by atoms with Gasteiger partial charge in [0.05, 0.1) is 11.8 Å². The molecule has 1 aliphatic heterocycles. The molecule has 0 aromatic heterocycles. The Morgan fingerprint density at radius 1 is 1.42 bits per heavy atom. The van der Waals surface area contributed by atoms with Crippen molar-refractivity contribution in [1.29, 1.82) is 0 Å². The molecule has 0 unspecified atom stereocenters. The van der Waals surface area contributed by atoms with Crippen LogP contribution >= 0.6 is 0 Å². The van der Waals surface area contributed by atoms with Crippen LogP contribution in [0, 0.1) is 5.41 Å². The number of rotatable bonds is 3. The Morgan fingerprint density at radius 2 is 2.16 bits per heavy atom. The summed E-state index contributed by atoms with van der Waals surface area (Å²) in [5, 5.41) is 0. The minimum Gasteiger partial charge on any atom is -0.461 e. The lowest BCUT2D eigenvalue weighted by Crippen LogP contribution is -2.29. The summed E-state index contributed by atoms with van der Waals surface area (Å²) in [5.41, 5.74) is 1.14. The van der Waals surface area contributed by atoms with Crippen molar-refractivity contribution in [2.24, 2.45) is 5.41 Å². The molecule has 1 aromatic rings. The van der Waals surface area contributed by atoms with Gasteiger partial charge < -0.3 is 9.47 Å². The first-order valence-electron chi connectivity index (χ1n) is 6.42. The van der Waals surface area contributed by atoms with Gasteiger partial charge >= 0.3 is 11.9 Å². The van der Waals surface area contributed by atoms with Crippen LogP contribution in [0.1, 0.15) is 38.3 Å². The van der Waals surface area contributed by atoms with Crippen molar-refractivity contribution in [1.82, 2.24) is 0 Å². The molecule has 0 saturated heterocycles. The Balaban J connectivity index is 2.27. The summed E-state index contributed by atoms with van der Waals surface area (Å²) >= 11 is 0. The molecule has 0 radical (unpaired) electrons. The number of hydrogen-bond acceptors (Lipinski definition) is 4.